The van der Waals surface area contributed by atoms with Crippen LogP contribution in [0.2, 0.25) is 5.02 Å². The number of hydrogen-bond donors (Lipinski definition) is 2. The maximum atomic E-state index is 12.5. The third-order valence-corrected chi connectivity index (χ3v) is 4.97. The van der Waals surface area contributed by atoms with E-state index in [9.17, 15) is 14.7 Å². The van der Waals surface area contributed by atoms with Gasteiger partial charge in [-0.1, -0.05) is 37.6 Å². The third kappa shape index (κ3) is 4.57. The van der Waals surface area contributed by atoms with Gasteiger partial charge in [0.25, 0.3) is 5.56 Å². The fraction of sp³-hybridized carbons (Fsp3) is 0.450. The lowest BCUT2D eigenvalue weighted by atomic mass is 9.77. The normalized spacial score (nSPS) is 21.8. The maximum Gasteiger partial charge on any atom is 0.267 e. The predicted molar refractivity (Wildman–Crippen MR) is 105 cm³/mol. The van der Waals surface area contributed by atoms with Crippen molar-refractivity contribution in [3.63, 3.8) is 0 Å². The molecule has 1 aliphatic rings. The van der Waals surface area contributed by atoms with Crippen LogP contribution in [0.3, 0.4) is 0 Å². The summed E-state index contributed by atoms with van der Waals surface area (Å²) >= 11 is 6.08. The number of amides is 1. The molecule has 0 aliphatic heterocycles. The number of benzene rings is 1. The maximum absolute atomic E-state index is 12.5. The number of carbonyl (C=O) groups is 1. The number of aromatic nitrogens is 2. The van der Waals surface area contributed by atoms with Crippen molar-refractivity contribution in [1.29, 1.82) is 0 Å². The molecule has 3 rings (SSSR count). The van der Waals surface area contributed by atoms with Crippen molar-refractivity contribution in [2.75, 3.05) is 0 Å². The first-order valence-corrected chi connectivity index (χ1v) is 9.42. The molecule has 1 heterocycles. The van der Waals surface area contributed by atoms with E-state index in [4.69, 9.17) is 11.6 Å². The van der Waals surface area contributed by atoms with Gasteiger partial charge >= 0.3 is 0 Å². The van der Waals surface area contributed by atoms with Crippen molar-refractivity contribution in [1.82, 2.24) is 15.1 Å². The van der Waals surface area contributed by atoms with Crippen LogP contribution in [0.1, 0.15) is 45.2 Å². The number of halogens is 1. The molecule has 144 valence electrons. The molecular weight excluding hydrogens is 366 g/mol. The highest BCUT2D eigenvalue weighted by molar-refractivity contribution is 6.30. The highest BCUT2D eigenvalue weighted by Gasteiger charge is 2.39. The number of aliphatic hydroxyl groups is 1. The quantitative estimate of drug-likeness (QED) is 0.823. The van der Waals surface area contributed by atoms with Crippen molar-refractivity contribution >= 4 is 17.5 Å². The first kappa shape index (κ1) is 19.6. The Kier molecular flexibility index (Phi) is 5.40. The van der Waals surface area contributed by atoms with Gasteiger partial charge in [-0.2, -0.15) is 5.10 Å². The van der Waals surface area contributed by atoms with Gasteiger partial charge in [-0.05, 0) is 43.4 Å². The molecule has 6 nitrogen and oxygen atoms in total. The molecule has 1 aliphatic carbocycles. The lowest BCUT2D eigenvalue weighted by molar-refractivity contribution is -0.125. The van der Waals surface area contributed by atoms with Crippen LogP contribution in [0.25, 0.3) is 11.1 Å². The largest absolute Gasteiger partial charge is 0.390 e. The highest BCUT2D eigenvalue weighted by atomic mass is 35.5. The predicted octanol–water partition coefficient (Wildman–Crippen LogP) is 2.72. The second kappa shape index (κ2) is 7.44. The van der Waals surface area contributed by atoms with Crippen molar-refractivity contribution in [2.24, 2.45) is 0 Å². The average Bonchev–Trinajstić information content (AvgIpc) is 2.54. The van der Waals surface area contributed by atoms with Crippen molar-refractivity contribution in [3.05, 3.63) is 51.4 Å². The first-order valence-electron chi connectivity index (χ1n) is 9.04. The smallest absolute Gasteiger partial charge is 0.267 e. The molecule has 1 aromatic carbocycles. The summed E-state index contributed by atoms with van der Waals surface area (Å²) in [6.07, 6.45) is 1.04. The Morgan fingerprint density at radius 1 is 1.41 bits per heavy atom. The van der Waals surface area contributed by atoms with E-state index in [-0.39, 0.29) is 30.0 Å². The zero-order valence-corrected chi connectivity index (χ0v) is 16.5. The van der Waals surface area contributed by atoms with Crippen molar-refractivity contribution in [2.45, 2.75) is 57.7 Å². The van der Waals surface area contributed by atoms with Crippen molar-refractivity contribution < 1.29 is 9.90 Å². The average molecular weight is 390 g/mol. The lowest BCUT2D eigenvalue weighted by Gasteiger charge is -2.41. The van der Waals surface area contributed by atoms with E-state index < -0.39 is 5.60 Å². The Hall–Kier alpha value is -2.18. The van der Waals surface area contributed by atoms with Crippen LogP contribution in [-0.2, 0) is 11.3 Å². The molecule has 0 spiro atoms. The summed E-state index contributed by atoms with van der Waals surface area (Å²) in [5.74, 6) is -0.217. The fourth-order valence-corrected chi connectivity index (χ4v) is 3.64. The molecule has 0 unspecified atom stereocenters. The number of nitrogens with zero attached hydrogens (tertiary/aromatic N) is 2. The van der Waals surface area contributed by atoms with Crippen LogP contribution < -0.4 is 10.9 Å². The number of rotatable bonds is 5. The summed E-state index contributed by atoms with van der Waals surface area (Å²) in [6.45, 7) is 5.57. The van der Waals surface area contributed by atoms with Crippen molar-refractivity contribution in [3.8, 4) is 11.1 Å². The van der Waals surface area contributed by atoms with Crippen LogP contribution in [0.15, 0.2) is 35.1 Å². The van der Waals surface area contributed by atoms with E-state index in [0.717, 1.165) is 16.8 Å². The van der Waals surface area contributed by atoms with Gasteiger partial charge in [0.2, 0.25) is 5.91 Å². The summed E-state index contributed by atoms with van der Waals surface area (Å²) in [7, 11) is 0. The van der Waals surface area contributed by atoms with Gasteiger partial charge in [0.1, 0.15) is 6.54 Å². The van der Waals surface area contributed by atoms with Gasteiger partial charge in [-0.25, -0.2) is 4.68 Å². The van der Waals surface area contributed by atoms with Crippen LogP contribution in [0, 0.1) is 0 Å². The van der Waals surface area contributed by atoms with Crippen LogP contribution in [0.4, 0.5) is 0 Å². The van der Waals surface area contributed by atoms with E-state index in [0.29, 0.717) is 17.9 Å². The first-order chi connectivity index (χ1) is 12.6. The minimum Gasteiger partial charge on any atom is -0.390 e. The van der Waals surface area contributed by atoms with Crippen LogP contribution >= 0.6 is 11.6 Å². The van der Waals surface area contributed by atoms with E-state index in [1.807, 2.05) is 26.0 Å². The van der Waals surface area contributed by atoms with Gasteiger partial charge < -0.3 is 10.4 Å². The standard InChI is InChI=1S/C20H24ClN3O3/c1-12(2)19-16(13-5-4-6-14(21)7-13)8-18(26)24(23-19)11-17(25)22-15-9-20(3,27)10-15/h4-8,12,15,27H,9-11H2,1-3H3,(H,22,25)/t15-,20+. The number of hydrogen-bond acceptors (Lipinski definition) is 4. The molecule has 7 heteroatoms. The van der Waals surface area contributed by atoms with Gasteiger partial charge in [0.15, 0.2) is 0 Å². The van der Waals surface area contributed by atoms with E-state index in [2.05, 4.69) is 10.4 Å². The van der Waals surface area contributed by atoms with E-state index in [1.165, 1.54) is 10.7 Å². The Morgan fingerprint density at radius 2 is 2.11 bits per heavy atom. The molecule has 1 amide bonds. The Balaban J connectivity index is 1.84. The number of nitrogens with one attached hydrogen (secondary N) is 1. The van der Waals surface area contributed by atoms with Crippen LogP contribution in [-0.4, -0.2) is 32.4 Å². The molecule has 0 saturated heterocycles. The van der Waals surface area contributed by atoms with E-state index >= 15 is 0 Å². The fourth-order valence-electron chi connectivity index (χ4n) is 3.45. The minimum atomic E-state index is -0.712. The molecule has 27 heavy (non-hydrogen) atoms. The summed E-state index contributed by atoms with van der Waals surface area (Å²) in [5.41, 5.74) is 1.23. The topological polar surface area (TPSA) is 84.2 Å². The molecule has 0 bridgehead atoms. The van der Waals surface area contributed by atoms with Crippen LogP contribution in [0.5, 0.6) is 0 Å². The third-order valence-electron chi connectivity index (χ3n) is 4.74. The second-order valence-electron chi connectivity index (χ2n) is 7.77. The zero-order chi connectivity index (χ0) is 19.8. The molecule has 2 aromatic rings. The molecular formula is C20H24ClN3O3. The number of carbonyl (C=O) groups excluding carboxylic acids is 1. The highest BCUT2D eigenvalue weighted by Crippen LogP contribution is 2.31. The second-order valence-corrected chi connectivity index (χ2v) is 8.21. The molecule has 0 atom stereocenters. The molecule has 1 fully saturated rings. The zero-order valence-electron chi connectivity index (χ0n) is 15.7. The van der Waals surface area contributed by atoms with Gasteiger partial charge in [0.05, 0.1) is 11.3 Å². The summed E-state index contributed by atoms with van der Waals surface area (Å²) < 4.78 is 1.19. The Labute approximate surface area is 163 Å². The lowest BCUT2D eigenvalue weighted by Crippen LogP contribution is -2.54. The Morgan fingerprint density at radius 3 is 2.70 bits per heavy atom. The molecule has 1 saturated carbocycles. The molecule has 1 aromatic heterocycles. The van der Waals surface area contributed by atoms with Gasteiger partial charge in [0, 0.05) is 22.7 Å². The molecule has 0 radical (unpaired) electrons. The minimum absolute atomic E-state index is 0.0569. The van der Waals surface area contributed by atoms with E-state index in [1.54, 1.807) is 19.1 Å². The monoisotopic (exact) mass is 389 g/mol. The summed E-state index contributed by atoms with van der Waals surface area (Å²) in [4.78, 5) is 24.8. The SMILES string of the molecule is CC(C)c1nn(CC(=O)N[C@H]2C[C@@](C)(O)C2)c(=O)cc1-c1cccc(Cl)c1. The molecule has 2 N–H and O–H groups in total. The summed E-state index contributed by atoms with van der Waals surface area (Å²) in [5, 5.41) is 17.6. The van der Waals surface area contributed by atoms with Gasteiger partial charge in [-0.3, -0.25) is 9.59 Å². The Bertz CT molecular complexity index is 913. The summed E-state index contributed by atoms with van der Waals surface area (Å²) in [6, 6.07) is 8.73. The van der Waals surface area contributed by atoms with Gasteiger partial charge in [-0.15, -0.1) is 0 Å².